The van der Waals surface area contributed by atoms with Gasteiger partial charge in [-0.1, -0.05) is 0 Å². The van der Waals surface area contributed by atoms with Gasteiger partial charge in [0, 0.05) is 19.0 Å². The summed E-state index contributed by atoms with van der Waals surface area (Å²) in [6, 6.07) is 4.18. The first-order valence-corrected chi connectivity index (χ1v) is 5.58. The Morgan fingerprint density at radius 3 is 3.12 bits per heavy atom. The number of carbonyl (C=O) groups excluding carboxylic acids is 1. The maximum Gasteiger partial charge on any atom is 0.228 e. The molecule has 2 N–H and O–H groups in total. The molecule has 1 atom stereocenters. The van der Waals surface area contributed by atoms with E-state index in [1.807, 2.05) is 6.92 Å². The van der Waals surface area contributed by atoms with Crippen LogP contribution in [0.2, 0.25) is 0 Å². The number of hydrogen-bond donors (Lipinski definition) is 1. The molecule has 1 amide bonds. The van der Waals surface area contributed by atoms with E-state index in [-0.39, 0.29) is 24.2 Å². The molecule has 0 unspecified atom stereocenters. The van der Waals surface area contributed by atoms with Gasteiger partial charge in [0.2, 0.25) is 5.91 Å². The predicted molar refractivity (Wildman–Crippen MR) is 62.5 cm³/mol. The number of nitrogens with two attached hydrogens (primary N) is 1. The monoisotopic (exact) mass is 238 g/mol. The maximum atomic E-state index is 13.1. The SMILES string of the molecule is C[C@H]1CN(C(=O)CCN)c2ccc(F)cc2O1. The highest BCUT2D eigenvalue weighted by Crippen LogP contribution is 2.34. The highest BCUT2D eigenvalue weighted by Gasteiger charge is 2.27. The topological polar surface area (TPSA) is 55.6 Å². The van der Waals surface area contributed by atoms with E-state index in [9.17, 15) is 9.18 Å². The Bertz CT molecular complexity index is 437. The van der Waals surface area contributed by atoms with Crippen molar-refractivity contribution in [2.45, 2.75) is 19.4 Å². The lowest BCUT2D eigenvalue weighted by Gasteiger charge is -2.33. The number of amides is 1. The van der Waals surface area contributed by atoms with Crippen LogP contribution >= 0.6 is 0 Å². The molecule has 4 nitrogen and oxygen atoms in total. The van der Waals surface area contributed by atoms with Gasteiger partial charge in [0.05, 0.1) is 12.2 Å². The lowest BCUT2D eigenvalue weighted by molar-refractivity contribution is -0.118. The summed E-state index contributed by atoms with van der Waals surface area (Å²) in [5.41, 5.74) is 5.99. The van der Waals surface area contributed by atoms with E-state index >= 15 is 0 Å². The second-order valence-corrected chi connectivity index (χ2v) is 4.08. The smallest absolute Gasteiger partial charge is 0.228 e. The second-order valence-electron chi connectivity index (χ2n) is 4.08. The van der Waals surface area contributed by atoms with E-state index in [4.69, 9.17) is 10.5 Å². The first-order chi connectivity index (χ1) is 8.11. The molecule has 2 rings (SSSR count). The molecule has 0 saturated heterocycles. The van der Waals surface area contributed by atoms with E-state index in [1.165, 1.54) is 12.1 Å². The Hall–Kier alpha value is -1.62. The normalized spacial score (nSPS) is 18.5. The van der Waals surface area contributed by atoms with Crippen LogP contribution in [0.1, 0.15) is 13.3 Å². The molecule has 0 aliphatic carbocycles. The minimum atomic E-state index is -0.371. The molecule has 17 heavy (non-hydrogen) atoms. The summed E-state index contributed by atoms with van der Waals surface area (Å²) >= 11 is 0. The first kappa shape index (κ1) is 11.9. The maximum absolute atomic E-state index is 13.1. The fourth-order valence-corrected chi connectivity index (χ4v) is 1.91. The molecule has 5 heteroatoms. The van der Waals surface area contributed by atoms with Crippen LogP contribution in [0.4, 0.5) is 10.1 Å². The van der Waals surface area contributed by atoms with Crippen molar-refractivity contribution in [1.29, 1.82) is 0 Å². The lowest BCUT2D eigenvalue weighted by Crippen LogP contribution is -2.42. The van der Waals surface area contributed by atoms with Gasteiger partial charge in [0.15, 0.2) is 0 Å². The van der Waals surface area contributed by atoms with Crippen LogP contribution in [0.5, 0.6) is 5.75 Å². The van der Waals surface area contributed by atoms with Gasteiger partial charge in [-0.05, 0) is 19.1 Å². The summed E-state index contributed by atoms with van der Waals surface area (Å²) in [6.07, 6.45) is 0.134. The minimum absolute atomic E-state index is 0.0597. The number of rotatable bonds is 2. The van der Waals surface area contributed by atoms with Crippen LogP contribution in [0, 0.1) is 5.82 Å². The average Bonchev–Trinajstić information content (AvgIpc) is 2.27. The third kappa shape index (κ3) is 2.39. The second kappa shape index (κ2) is 4.71. The largest absolute Gasteiger partial charge is 0.487 e. The van der Waals surface area contributed by atoms with Crippen molar-refractivity contribution in [2.24, 2.45) is 5.73 Å². The van der Waals surface area contributed by atoms with Crippen molar-refractivity contribution in [3.05, 3.63) is 24.0 Å². The van der Waals surface area contributed by atoms with Gasteiger partial charge in [-0.2, -0.15) is 0 Å². The number of benzene rings is 1. The molecular weight excluding hydrogens is 223 g/mol. The zero-order chi connectivity index (χ0) is 12.4. The van der Waals surface area contributed by atoms with Gasteiger partial charge in [0.25, 0.3) is 0 Å². The number of ether oxygens (including phenoxy) is 1. The van der Waals surface area contributed by atoms with E-state index in [0.29, 0.717) is 24.5 Å². The summed E-state index contributed by atoms with van der Waals surface area (Å²) in [5, 5.41) is 0. The van der Waals surface area contributed by atoms with Crippen molar-refractivity contribution < 1.29 is 13.9 Å². The highest BCUT2D eigenvalue weighted by atomic mass is 19.1. The van der Waals surface area contributed by atoms with Gasteiger partial charge in [0.1, 0.15) is 17.7 Å². The van der Waals surface area contributed by atoms with Crippen LogP contribution < -0.4 is 15.4 Å². The fourth-order valence-electron chi connectivity index (χ4n) is 1.91. The Labute approximate surface area is 99.2 Å². The molecular formula is C12H15FN2O2. The van der Waals surface area contributed by atoms with Gasteiger partial charge in [-0.25, -0.2) is 4.39 Å². The first-order valence-electron chi connectivity index (χ1n) is 5.58. The van der Waals surface area contributed by atoms with Crippen LogP contribution in [0.15, 0.2) is 18.2 Å². The Kier molecular flexibility index (Phi) is 3.28. The van der Waals surface area contributed by atoms with E-state index in [2.05, 4.69) is 0 Å². The Balaban J connectivity index is 2.34. The average molecular weight is 238 g/mol. The standard InChI is InChI=1S/C12H15FN2O2/c1-8-7-15(12(16)4-5-14)10-3-2-9(13)6-11(10)17-8/h2-3,6,8H,4-5,7,14H2,1H3/t8-/m0/s1. The molecule has 0 spiro atoms. The van der Waals surface area contributed by atoms with Crippen molar-refractivity contribution in [3.8, 4) is 5.75 Å². The van der Waals surface area contributed by atoms with E-state index < -0.39 is 0 Å². The fraction of sp³-hybridized carbons (Fsp3) is 0.417. The number of nitrogens with zero attached hydrogens (tertiary/aromatic N) is 1. The highest BCUT2D eigenvalue weighted by molar-refractivity contribution is 5.95. The zero-order valence-corrected chi connectivity index (χ0v) is 9.65. The predicted octanol–water partition coefficient (Wildman–Crippen LogP) is 1.29. The lowest BCUT2D eigenvalue weighted by atomic mass is 10.2. The molecule has 1 heterocycles. The molecule has 1 aromatic rings. The summed E-state index contributed by atoms with van der Waals surface area (Å²) in [7, 11) is 0. The number of halogens is 1. The summed E-state index contributed by atoms with van der Waals surface area (Å²) < 4.78 is 18.6. The summed E-state index contributed by atoms with van der Waals surface area (Å²) in [5.74, 6) is -0.0197. The summed E-state index contributed by atoms with van der Waals surface area (Å²) in [6.45, 7) is 2.62. The molecule has 0 saturated carbocycles. The molecule has 0 fully saturated rings. The molecule has 0 radical (unpaired) electrons. The van der Waals surface area contributed by atoms with Crippen molar-refractivity contribution in [2.75, 3.05) is 18.0 Å². The third-order valence-corrected chi connectivity index (χ3v) is 2.64. The van der Waals surface area contributed by atoms with Gasteiger partial charge >= 0.3 is 0 Å². The van der Waals surface area contributed by atoms with Crippen LogP contribution in [-0.4, -0.2) is 25.1 Å². The number of hydrogen-bond acceptors (Lipinski definition) is 3. The quantitative estimate of drug-likeness (QED) is 0.844. The van der Waals surface area contributed by atoms with E-state index in [1.54, 1.807) is 11.0 Å². The van der Waals surface area contributed by atoms with Gasteiger partial charge < -0.3 is 15.4 Å². The third-order valence-electron chi connectivity index (χ3n) is 2.64. The van der Waals surface area contributed by atoms with Gasteiger partial charge in [-0.3, -0.25) is 4.79 Å². The molecule has 1 aliphatic heterocycles. The Morgan fingerprint density at radius 1 is 1.65 bits per heavy atom. The summed E-state index contributed by atoms with van der Waals surface area (Å²) in [4.78, 5) is 13.5. The van der Waals surface area contributed by atoms with Crippen LogP contribution in [0.3, 0.4) is 0 Å². The van der Waals surface area contributed by atoms with Crippen molar-refractivity contribution in [1.82, 2.24) is 0 Å². The van der Waals surface area contributed by atoms with E-state index in [0.717, 1.165) is 0 Å². The number of fused-ring (bicyclic) bond motifs is 1. The zero-order valence-electron chi connectivity index (χ0n) is 9.65. The molecule has 0 bridgehead atoms. The molecule has 1 aromatic carbocycles. The number of anilines is 1. The Morgan fingerprint density at radius 2 is 2.41 bits per heavy atom. The molecule has 92 valence electrons. The van der Waals surface area contributed by atoms with Crippen molar-refractivity contribution >= 4 is 11.6 Å². The molecule has 1 aliphatic rings. The van der Waals surface area contributed by atoms with Crippen LogP contribution in [-0.2, 0) is 4.79 Å². The van der Waals surface area contributed by atoms with Gasteiger partial charge in [-0.15, -0.1) is 0 Å². The minimum Gasteiger partial charge on any atom is -0.487 e. The molecule has 0 aromatic heterocycles. The van der Waals surface area contributed by atoms with Crippen LogP contribution in [0.25, 0.3) is 0 Å². The van der Waals surface area contributed by atoms with Crippen molar-refractivity contribution in [3.63, 3.8) is 0 Å². The number of carbonyl (C=O) groups is 1.